The summed E-state index contributed by atoms with van der Waals surface area (Å²) in [6.45, 7) is 4.43. The molecule has 0 saturated carbocycles. The van der Waals surface area contributed by atoms with Crippen LogP contribution in [0.3, 0.4) is 0 Å². The Labute approximate surface area is 285 Å². The molecule has 7 rings (SSSR count). The van der Waals surface area contributed by atoms with E-state index in [1.807, 2.05) is 24.3 Å². The van der Waals surface area contributed by atoms with Gasteiger partial charge in [-0.25, -0.2) is 14.4 Å². The molecule has 1 amide bonds. The van der Waals surface area contributed by atoms with E-state index >= 15 is 0 Å². The number of ether oxygens (including phenoxy) is 1. The third-order valence-electron chi connectivity index (χ3n) is 9.04. The molecular weight excluding hydrogens is 664 g/mol. The van der Waals surface area contributed by atoms with Gasteiger partial charge in [-0.05, 0) is 49.9 Å². The van der Waals surface area contributed by atoms with Crippen LogP contribution in [0.1, 0.15) is 43.6 Å². The summed E-state index contributed by atoms with van der Waals surface area (Å²) in [6.07, 6.45) is 6.72. The van der Waals surface area contributed by atoms with E-state index in [2.05, 4.69) is 27.1 Å². The number of alkyl halides is 1. The maximum atomic E-state index is 14.4. The van der Waals surface area contributed by atoms with Crippen LogP contribution in [0.4, 0.5) is 9.52 Å². The van der Waals surface area contributed by atoms with Gasteiger partial charge >= 0.3 is 0 Å². The van der Waals surface area contributed by atoms with Gasteiger partial charge in [0.2, 0.25) is 0 Å². The van der Waals surface area contributed by atoms with E-state index in [-0.39, 0.29) is 25.7 Å². The fraction of sp³-hybridized carbons (Fsp3) is 0.394. The minimum atomic E-state index is -1.05. The largest absolute Gasteiger partial charge is 0.490 e. The zero-order valence-electron chi connectivity index (χ0n) is 25.7. The van der Waals surface area contributed by atoms with Gasteiger partial charge in [-0.3, -0.25) is 14.8 Å². The first-order valence-corrected chi connectivity index (χ1v) is 17.3. The van der Waals surface area contributed by atoms with Crippen molar-refractivity contribution in [3.05, 3.63) is 75.9 Å². The van der Waals surface area contributed by atoms with Gasteiger partial charge in [-0.15, -0.1) is 11.3 Å². The number of carbonyl (C=O) groups is 1. The lowest BCUT2D eigenvalue weighted by molar-refractivity contribution is -0.118. The number of halogens is 3. The molecule has 10 nitrogen and oxygen atoms in total. The molecule has 2 N–H and O–H groups in total. The van der Waals surface area contributed by atoms with Gasteiger partial charge < -0.3 is 19.3 Å². The molecule has 2 aromatic carbocycles. The molecule has 2 aliphatic rings. The summed E-state index contributed by atoms with van der Waals surface area (Å²) in [7, 11) is 0. The van der Waals surface area contributed by atoms with Crippen LogP contribution in [-0.4, -0.2) is 78.2 Å². The van der Waals surface area contributed by atoms with Crippen molar-refractivity contribution in [2.75, 3.05) is 25.0 Å². The molecule has 0 radical (unpaired) electrons. The topological polar surface area (TPSA) is 110 Å². The smallest absolute Gasteiger partial charge is 0.257 e. The number of nitrogens with one attached hydrogen (secondary N) is 1. The van der Waals surface area contributed by atoms with E-state index in [1.165, 1.54) is 16.0 Å². The molecule has 1 fully saturated rings. The van der Waals surface area contributed by atoms with E-state index < -0.39 is 18.1 Å². The number of piperidine rings is 1. The number of thiazole rings is 1. The number of amides is 1. The second kappa shape index (κ2) is 13.5. The molecule has 246 valence electrons. The average molecular weight is 699 g/mol. The van der Waals surface area contributed by atoms with Crippen LogP contribution >= 0.6 is 34.5 Å². The first-order chi connectivity index (χ1) is 22.8. The number of fused-ring (bicyclic) bond motifs is 2. The molecule has 1 saturated heterocycles. The third-order valence-corrected chi connectivity index (χ3v) is 10.4. The lowest BCUT2D eigenvalue weighted by Crippen LogP contribution is -2.43. The Morgan fingerprint density at radius 2 is 2.00 bits per heavy atom. The molecule has 2 unspecified atom stereocenters. The number of likely N-dealkylation sites (tertiary alicyclic amines) is 1. The summed E-state index contributed by atoms with van der Waals surface area (Å²) in [4.78, 5) is 24.8. The van der Waals surface area contributed by atoms with Crippen molar-refractivity contribution in [1.29, 1.82) is 0 Å². The van der Waals surface area contributed by atoms with Crippen molar-refractivity contribution < 1.29 is 19.0 Å². The molecule has 14 heteroatoms. The molecule has 0 spiro atoms. The van der Waals surface area contributed by atoms with Crippen LogP contribution < -0.4 is 10.1 Å². The molecule has 47 heavy (non-hydrogen) atoms. The predicted molar refractivity (Wildman–Crippen MR) is 181 cm³/mol. The Morgan fingerprint density at radius 1 is 1.21 bits per heavy atom. The number of aliphatic hydroxyl groups is 1. The fourth-order valence-corrected chi connectivity index (χ4v) is 7.61. The molecule has 5 aromatic rings. The Hall–Kier alpha value is -3.55. The van der Waals surface area contributed by atoms with Gasteiger partial charge in [0.1, 0.15) is 23.5 Å². The second-order valence-electron chi connectivity index (χ2n) is 12.1. The van der Waals surface area contributed by atoms with Crippen LogP contribution in [0.15, 0.2) is 54.4 Å². The summed E-state index contributed by atoms with van der Waals surface area (Å²) in [5.41, 5.74) is 3.04. The highest BCUT2D eigenvalue weighted by Crippen LogP contribution is 2.40. The van der Waals surface area contributed by atoms with Crippen LogP contribution in [0, 0.1) is 0 Å². The number of nitrogens with zero attached hydrogens (tertiary/aromatic N) is 6. The second-order valence-corrected chi connectivity index (χ2v) is 13.8. The maximum absolute atomic E-state index is 14.4. The highest BCUT2D eigenvalue weighted by molar-refractivity contribution is 7.13. The van der Waals surface area contributed by atoms with Crippen LogP contribution in [0.25, 0.3) is 22.0 Å². The normalized spacial score (nSPS) is 18.4. The van der Waals surface area contributed by atoms with Crippen molar-refractivity contribution in [2.45, 2.75) is 63.5 Å². The number of carbonyl (C=O) groups excluding carboxylic acids is 1. The number of hydrogen-bond donors (Lipinski definition) is 2. The third kappa shape index (κ3) is 6.49. The molecule has 0 bridgehead atoms. The number of aromatic nitrogens is 5. The van der Waals surface area contributed by atoms with Crippen molar-refractivity contribution in [1.82, 2.24) is 29.2 Å². The zero-order chi connectivity index (χ0) is 32.7. The first kappa shape index (κ1) is 32.0. The molecule has 2 aliphatic heterocycles. The summed E-state index contributed by atoms with van der Waals surface area (Å²) in [5.74, 6) is 0.366. The van der Waals surface area contributed by atoms with Crippen LogP contribution in [-0.2, 0) is 17.8 Å². The van der Waals surface area contributed by atoms with Crippen molar-refractivity contribution >= 4 is 56.5 Å². The summed E-state index contributed by atoms with van der Waals surface area (Å²) >= 11 is 15.1. The zero-order valence-corrected chi connectivity index (χ0v) is 28.0. The SMILES string of the molecule is CC(CCO)N1CCC(Oc2ccc(-c3cc(Cl)c4cn(C(C(=O)Nc5nccs5)c5ncn6c5C[C@@H](F)C6)nc4c3Cl)cc2)CC1. The van der Waals surface area contributed by atoms with Crippen molar-refractivity contribution in [2.24, 2.45) is 0 Å². The number of anilines is 1. The number of imidazole rings is 1. The minimum absolute atomic E-state index is 0.129. The van der Waals surface area contributed by atoms with Crippen molar-refractivity contribution in [3.8, 4) is 16.9 Å². The monoisotopic (exact) mass is 697 g/mol. The first-order valence-electron chi connectivity index (χ1n) is 15.7. The number of aliphatic hydroxyl groups excluding tert-OH is 1. The van der Waals surface area contributed by atoms with Gasteiger partial charge in [0.15, 0.2) is 11.2 Å². The van der Waals surface area contributed by atoms with Crippen LogP contribution in [0.2, 0.25) is 10.0 Å². The summed E-state index contributed by atoms with van der Waals surface area (Å²) in [5, 5.41) is 20.5. The molecule has 3 aromatic heterocycles. The minimum Gasteiger partial charge on any atom is -0.490 e. The fourth-order valence-electron chi connectivity index (χ4n) is 6.52. The Balaban J connectivity index is 1.15. The lowest BCUT2D eigenvalue weighted by Gasteiger charge is -2.35. The standard InChI is InChI=1S/C33H34Cl2FN7O3S/c1-19(8-12-44)41-10-6-23(7-11-41)46-22-4-2-20(3-5-22)24-15-26(34)25-17-43(40-29(25)28(24)35)31(32(45)39-33-37-9-13-47-33)30-27-14-21(36)16-42(27)18-38-30/h2-5,9,13,15,17-19,21,23,31,44H,6-8,10-12,14,16H2,1H3,(H,37,39,45)/t19?,21-,31?/m1/s1. The predicted octanol–water partition coefficient (Wildman–Crippen LogP) is 6.40. The number of benzene rings is 2. The molecule has 3 atom stereocenters. The molecule has 0 aliphatic carbocycles. The Kier molecular flexibility index (Phi) is 9.21. The van der Waals surface area contributed by atoms with Gasteiger partial charge in [-0.1, -0.05) is 35.3 Å². The summed E-state index contributed by atoms with van der Waals surface area (Å²) < 4.78 is 23.9. The number of rotatable bonds is 10. The van der Waals surface area contributed by atoms with Gasteiger partial charge in [0.05, 0.1) is 28.6 Å². The summed E-state index contributed by atoms with van der Waals surface area (Å²) in [6, 6.07) is 8.90. The maximum Gasteiger partial charge on any atom is 0.257 e. The van der Waals surface area contributed by atoms with E-state index in [4.69, 9.17) is 33.0 Å². The van der Waals surface area contributed by atoms with E-state index in [0.29, 0.717) is 49.1 Å². The van der Waals surface area contributed by atoms with Crippen LogP contribution in [0.5, 0.6) is 5.75 Å². The van der Waals surface area contributed by atoms with E-state index in [1.54, 1.807) is 34.7 Å². The quantitative estimate of drug-likeness (QED) is 0.174. The van der Waals surface area contributed by atoms with Gasteiger partial charge in [-0.2, -0.15) is 5.10 Å². The lowest BCUT2D eigenvalue weighted by atomic mass is 10.0. The molecule has 5 heterocycles. The molecular formula is C33H34Cl2FN7O3S. The Morgan fingerprint density at radius 3 is 2.72 bits per heavy atom. The van der Waals surface area contributed by atoms with Crippen molar-refractivity contribution in [3.63, 3.8) is 0 Å². The van der Waals surface area contributed by atoms with Gasteiger partial charge in [0.25, 0.3) is 5.91 Å². The highest BCUT2D eigenvalue weighted by atomic mass is 35.5. The van der Waals surface area contributed by atoms with E-state index in [9.17, 15) is 14.3 Å². The highest BCUT2D eigenvalue weighted by Gasteiger charge is 2.35. The Bertz CT molecular complexity index is 1870. The number of hydrogen-bond acceptors (Lipinski definition) is 8. The van der Waals surface area contributed by atoms with E-state index in [0.717, 1.165) is 43.7 Å². The average Bonchev–Trinajstić information content (AvgIpc) is 3.87. The van der Waals surface area contributed by atoms with Gasteiger partial charge in [0, 0.05) is 66.6 Å².